The number of nitrogens with one attached hydrogen (secondary N) is 3. The van der Waals surface area contributed by atoms with Gasteiger partial charge in [-0.3, -0.25) is 15.0 Å². The molecule has 2 saturated carbocycles. The summed E-state index contributed by atoms with van der Waals surface area (Å²) in [5.74, 6) is 1.32. The minimum Gasteiger partial charge on any atom is -0.378 e. The molecule has 0 spiro atoms. The van der Waals surface area contributed by atoms with Gasteiger partial charge in [0, 0.05) is 39.3 Å². The van der Waals surface area contributed by atoms with Crippen molar-refractivity contribution < 1.29 is 14.3 Å². The fourth-order valence-electron chi connectivity index (χ4n) is 6.70. The Balaban J connectivity index is 1.50. The van der Waals surface area contributed by atoms with Gasteiger partial charge in [-0.2, -0.15) is 5.26 Å². The second kappa shape index (κ2) is 14.8. The molecule has 0 bridgehead atoms. The van der Waals surface area contributed by atoms with Crippen molar-refractivity contribution in [3.63, 3.8) is 0 Å². The number of aliphatic imine (C=N–C) groups is 1. The van der Waals surface area contributed by atoms with Crippen molar-refractivity contribution >= 4 is 17.9 Å². The van der Waals surface area contributed by atoms with E-state index in [-0.39, 0.29) is 11.9 Å². The largest absolute Gasteiger partial charge is 0.378 e. The molecule has 218 valence electrons. The van der Waals surface area contributed by atoms with Crippen molar-refractivity contribution in [2.24, 2.45) is 16.8 Å². The van der Waals surface area contributed by atoms with E-state index in [2.05, 4.69) is 26.9 Å². The monoisotopic (exact) mass is 543 g/mol. The van der Waals surface area contributed by atoms with Crippen LogP contribution in [0, 0.1) is 23.2 Å². The van der Waals surface area contributed by atoms with Crippen LogP contribution in [0.25, 0.3) is 0 Å². The van der Waals surface area contributed by atoms with Crippen LogP contribution in [0.5, 0.6) is 0 Å². The molecule has 2 atom stereocenters. The molecule has 2 aliphatic heterocycles. The SMILES string of the molecule is CCNC(=O)NC(=NC(CC1CCCCC1)C(=O)NC1(C#N)CCN(CC2CCCCC2)C1)N1CCOCC1. The Kier molecular flexibility index (Phi) is 11.3. The second-order valence-electron chi connectivity index (χ2n) is 12.0. The molecule has 0 radical (unpaired) electrons. The van der Waals surface area contributed by atoms with Crippen LogP contribution in [-0.4, -0.2) is 91.8 Å². The van der Waals surface area contributed by atoms with Gasteiger partial charge >= 0.3 is 6.03 Å². The normalized spacial score (nSPS) is 26.6. The summed E-state index contributed by atoms with van der Waals surface area (Å²) >= 11 is 0. The third kappa shape index (κ3) is 8.81. The molecule has 39 heavy (non-hydrogen) atoms. The number of urea groups is 1. The summed E-state index contributed by atoms with van der Waals surface area (Å²) in [5.41, 5.74) is -0.891. The Labute approximate surface area is 234 Å². The van der Waals surface area contributed by atoms with E-state index in [1.807, 2.05) is 11.8 Å². The molecule has 10 nitrogen and oxygen atoms in total. The standard InChI is InChI=1S/C29H49N7O3/c1-2-31-28(38)33-27(36-15-17-39-18-16-36)32-25(19-23-9-5-3-6-10-23)26(37)34-29(21-30)13-14-35(22-29)20-24-11-7-4-8-12-24/h23-25H,2-20,22H2,1H3,(H,34,37)(H2,31,32,33,38). The van der Waals surface area contributed by atoms with Crippen LogP contribution >= 0.6 is 0 Å². The van der Waals surface area contributed by atoms with Crippen LogP contribution in [0.1, 0.15) is 84.0 Å². The molecular weight excluding hydrogens is 494 g/mol. The molecule has 10 heteroatoms. The molecule has 0 aromatic rings. The predicted octanol–water partition coefficient (Wildman–Crippen LogP) is 3.00. The van der Waals surface area contributed by atoms with E-state index in [1.165, 1.54) is 51.4 Å². The number of carbonyl (C=O) groups is 2. The predicted molar refractivity (Wildman–Crippen MR) is 151 cm³/mol. The Morgan fingerprint density at radius 3 is 2.33 bits per heavy atom. The first-order valence-corrected chi connectivity index (χ1v) is 15.4. The van der Waals surface area contributed by atoms with Gasteiger partial charge in [0.05, 0.1) is 19.3 Å². The summed E-state index contributed by atoms with van der Waals surface area (Å²) in [6, 6.07) is 1.48. The molecule has 4 aliphatic rings. The van der Waals surface area contributed by atoms with Crippen molar-refractivity contribution in [2.75, 3.05) is 52.5 Å². The Morgan fingerprint density at radius 1 is 1.03 bits per heavy atom. The second-order valence-corrected chi connectivity index (χ2v) is 12.0. The minimum absolute atomic E-state index is 0.204. The highest BCUT2D eigenvalue weighted by atomic mass is 16.5. The number of morpholine rings is 1. The molecule has 0 aromatic heterocycles. The van der Waals surface area contributed by atoms with E-state index < -0.39 is 11.6 Å². The van der Waals surface area contributed by atoms with E-state index >= 15 is 0 Å². The molecule has 4 rings (SSSR count). The third-order valence-corrected chi connectivity index (χ3v) is 8.90. The van der Waals surface area contributed by atoms with Gasteiger partial charge in [-0.25, -0.2) is 9.79 Å². The highest BCUT2D eigenvalue weighted by Crippen LogP contribution is 2.30. The van der Waals surface area contributed by atoms with Crippen LogP contribution in [0.4, 0.5) is 4.79 Å². The molecule has 2 unspecified atom stereocenters. The average Bonchev–Trinajstić information content (AvgIpc) is 3.36. The van der Waals surface area contributed by atoms with Crippen LogP contribution in [-0.2, 0) is 9.53 Å². The van der Waals surface area contributed by atoms with Crippen molar-refractivity contribution in [1.29, 1.82) is 5.26 Å². The summed E-state index contributed by atoms with van der Waals surface area (Å²) in [5, 5.41) is 19.1. The molecule has 4 fully saturated rings. The number of nitrogens with zero attached hydrogens (tertiary/aromatic N) is 4. The number of rotatable bonds is 8. The van der Waals surface area contributed by atoms with E-state index in [9.17, 15) is 14.9 Å². The molecule has 3 amide bonds. The van der Waals surface area contributed by atoms with Gasteiger partial charge in [0.1, 0.15) is 11.6 Å². The van der Waals surface area contributed by atoms with Gasteiger partial charge in [-0.15, -0.1) is 0 Å². The summed E-state index contributed by atoms with van der Waals surface area (Å²) in [6.07, 6.45) is 13.5. The fraction of sp³-hybridized carbons (Fsp3) is 0.862. The van der Waals surface area contributed by atoms with Gasteiger partial charge in [0.15, 0.2) is 0 Å². The van der Waals surface area contributed by atoms with E-state index in [4.69, 9.17) is 9.73 Å². The number of hydrogen-bond acceptors (Lipinski definition) is 6. The van der Waals surface area contributed by atoms with Crippen LogP contribution < -0.4 is 16.0 Å². The van der Waals surface area contributed by atoms with Crippen molar-refractivity contribution in [3.8, 4) is 6.07 Å². The van der Waals surface area contributed by atoms with Crippen molar-refractivity contribution in [3.05, 3.63) is 0 Å². The lowest BCUT2D eigenvalue weighted by Crippen LogP contribution is -2.55. The number of guanidine groups is 1. The summed E-state index contributed by atoms with van der Waals surface area (Å²) < 4.78 is 5.51. The Hall–Kier alpha value is -2.38. The zero-order chi connectivity index (χ0) is 27.5. The lowest BCUT2D eigenvalue weighted by Gasteiger charge is -2.32. The Bertz CT molecular complexity index is 873. The maximum Gasteiger partial charge on any atom is 0.321 e. The van der Waals surface area contributed by atoms with Crippen LogP contribution in [0.2, 0.25) is 0 Å². The number of hydrogen-bond donors (Lipinski definition) is 3. The number of carbonyl (C=O) groups excluding carboxylic acids is 2. The third-order valence-electron chi connectivity index (χ3n) is 8.90. The van der Waals surface area contributed by atoms with Gasteiger partial charge < -0.3 is 20.3 Å². The molecule has 3 N–H and O–H groups in total. The molecule has 0 aromatic carbocycles. The molecule has 2 heterocycles. The summed E-state index contributed by atoms with van der Waals surface area (Å²) in [4.78, 5) is 35.7. The molecular formula is C29H49N7O3. The van der Waals surface area contributed by atoms with Crippen LogP contribution in [0.15, 0.2) is 4.99 Å². The van der Waals surface area contributed by atoms with Gasteiger partial charge in [0.25, 0.3) is 0 Å². The molecule has 2 saturated heterocycles. The topological polar surface area (TPSA) is 122 Å². The first-order valence-electron chi connectivity index (χ1n) is 15.4. The van der Waals surface area contributed by atoms with E-state index in [0.717, 1.165) is 25.9 Å². The number of amides is 3. The van der Waals surface area contributed by atoms with Crippen LogP contribution in [0.3, 0.4) is 0 Å². The zero-order valence-corrected chi connectivity index (χ0v) is 23.9. The summed E-state index contributed by atoms with van der Waals surface area (Å²) in [7, 11) is 0. The Morgan fingerprint density at radius 2 is 1.69 bits per heavy atom. The van der Waals surface area contributed by atoms with Crippen molar-refractivity contribution in [2.45, 2.75) is 95.6 Å². The first-order chi connectivity index (χ1) is 19.0. The number of likely N-dealkylation sites (tertiary alicyclic amines) is 1. The van der Waals surface area contributed by atoms with Gasteiger partial charge in [0.2, 0.25) is 11.9 Å². The summed E-state index contributed by atoms with van der Waals surface area (Å²) in [6.45, 7) is 7.07. The lowest BCUT2D eigenvalue weighted by molar-refractivity contribution is -0.124. The fourth-order valence-corrected chi connectivity index (χ4v) is 6.70. The average molecular weight is 544 g/mol. The highest BCUT2D eigenvalue weighted by molar-refractivity contribution is 5.97. The van der Waals surface area contributed by atoms with Gasteiger partial charge in [-0.1, -0.05) is 51.4 Å². The first kappa shape index (κ1) is 29.6. The number of ether oxygens (including phenoxy) is 1. The quantitative estimate of drug-likeness (QED) is 0.320. The number of nitriles is 1. The zero-order valence-electron chi connectivity index (χ0n) is 23.9. The maximum atomic E-state index is 13.9. The highest BCUT2D eigenvalue weighted by Gasteiger charge is 2.42. The van der Waals surface area contributed by atoms with E-state index in [1.54, 1.807) is 0 Å². The van der Waals surface area contributed by atoms with E-state index in [0.29, 0.717) is 70.0 Å². The van der Waals surface area contributed by atoms with Crippen molar-refractivity contribution in [1.82, 2.24) is 25.8 Å². The minimum atomic E-state index is -0.891. The lowest BCUT2D eigenvalue weighted by atomic mass is 9.84. The smallest absolute Gasteiger partial charge is 0.321 e. The molecule has 2 aliphatic carbocycles. The van der Waals surface area contributed by atoms with Gasteiger partial charge in [-0.05, 0) is 44.4 Å². The maximum absolute atomic E-state index is 13.9.